The van der Waals surface area contributed by atoms with Crippen LogP contribution in [0.4, 0.5) is 0 Å². The van der Waals surface area contributed by atoms with Gasteiger partial charge in [-0.05, 0) is 41.6 Å². The molecule has 0 saturated heterocycles. The number of benzene rings is 1. The van der Waals surface area contributed by atoms with Gasteiger partial charge in [-0.3, -0.25) is 4.79 Å². The lowest BCUT2D eigenvalue weighted by molar-refractivity contribution is -0.117. The van der Waals surface area contributed by atoms with Crippen molar-refractivity contribution < 1.29 is 14.3 Å². The molecule has 24 heavy (non-hydrogen) atoms. The number of hydrogen-bond acceptors (Lipinski definition) is 4. The van der Waals surface area contributed by atoms with E-state index in [0.29, 0.717) is 16.5 Å². The number of methoxy groups -OCH3 is 2. The van der Waals surface area contributed by atoms with Crippen LogP contribution in [-0.2, 0) is 4.79 Å². The second-order valence-corrected chi connectivity index (χ2v) is 6.44. The van der Waals surface area contributed by atoms with E-state index < -0.39 is 0 Å². The van der Waals surface area contributed by atoms with Crippen molar-refractivity contribution in [2.24, 2.45) is 0 Å². The van der Waals surface area contributed by atoms with Crippen LogP contribution >= 0.6 is 22.9 Å². The molecule has 1 heterocycles. The van der Waals surface area contributed by atoms with Crippen molar-refractivity contribution in [1.29, 1.82) is 0 Å². The predicted molar refractivity (Wildman–Crippen MR) is 99.1 cm³/mol. The Hall–Kier alpha value is -1.98. The van der Waals surface area contributed by atoms with Crippen LogP contribution in [0.1, 0.15) is 29.8 Å². The molecule has 2 rings (SSSR count). The monoisotopic (exact) mass is 365 g/mol. The molecule has 0 radical (unpaired) electrons. The van der Waals surface area contributed by atoms with E-state index in [9.17, 15) is 4.79 Å². The molecule has 1 N–H and O–H groups in total. The quantitative estimate of drug-likeness (QED) is 0.723. The van der Waals surface area contributed by atoms with Crippen LogP contribution in [0.15, 0.2) is 35.7 Å². The molecule has 0 fully saturated rings. The molecule has 4 nitrogen and oxygen atoms in total. The fourth-order valence-corrected chi connectivity index (χ4v) is 3.45. The standard InChI is InChI=1S/C18H20ClNO3S/c1-4-14(16-6-5-9-24-16)20-17(21)8-7-12-10-13(19)18(23-3)15(11-12)22-2/h5-11,14H,4H2,1-3H3,(H,20,21). The molecule has 1 aromatic carbocycles. The Morgan fingerprint density at radius 3 is 2.75 bits per heavy atom. The second-order valence-electron chi connectivity index (χ2n) is 5.06. The number of hydrogen-bond donors (Lipinski definition) is 1. The fraction of sp³-hybridized carbons (Fsp3) is 0.278. The molecule has 1 atom stereocenters. The highest BCUT2D eigenvalue weighted by atomic mass is 35.5. The molecular weight excluding hydrogens is 346 g/mol. The minimum atomic E-state index is -0.152. The Labute approximate surface area is 151 Å². The van der Waals surface area contributed by atoms with Crippen molar-refractivity contribution in [1.82, 2.24) is 5.32 Å². The second kappa shape index (κ2) is 8.76. The molecule has 2 aromatic rings. The summed E-state index contributed by atoms with van der Waals surface area (Å²) < 4.78 is 10.4. The van der Waals surface area contributed by atoms with E-state index in [1.165, 1.54) is 13.2 Å². The van der Waals surface area contributed by atoms with Gasteiger partial charge in [-0.15, -0.1) is 11.3 Å². The minimum Gasteiger partial charge on any atom is -0.493 e. The lowest BCUT2D eigenvalue weighted by Gasteiger charge is -2.14. The highest BCUT2D eigenvalue weighted by Crippen LogP contribution is 2.36. The Bertz CT molecular complexity index is 713. The van der Waals surface area contributed by atoms with Gasteiger partial charge in [0.1, 0.15) is 0 Å². The smallest absolute Gasteiger partial charge is 0.244 e. The number of carbonyl (C=O) groups excluding carboxylic acids is 1. The van der Waals surface area contributed by atoms with Crippen LogP contribution in [0, 0.1) is 0 Å². The Morgan fingerprint density at radius 1 is 1.38 bits per heavy atom. The zero-order chi connectivity index (χ0) is 17.5. The number of rotatable bonds is 7. The van der Waals surface area contributed by atoms with E-state index in [2.05, 4.69) is 5.32 Å². The predicted octanol–water partition coefficient (Wildman–Crippen LogP) is 4.70. The molecule has 1 aromatic heterocycles. The van der Waals surface area contributed by atoms with Gasteiger partial charge in [0.05, 0.1) is 25.3 Å². The average Bonchev–Trinajstić information content (AvgIpc) is 3.11. The third-order valence-electron chi connectivity index (χ3n) is 3.49. The minimum absolute atomic E-state index is 0.0242. The van der Waals surface area contributed by atoms with E-state index in [1.54, 1.807) is 36.7 Å². The molecule has 0 aliphatic carbocycles. The van der Waals surface area contributed by atoms with Gasteiger partial charge in [0.25, 0.3) is 0 Å². The summed E-state index contributed by atoms with van der Waals surface area (Å²) in [5.74, 6) is 0.848. The Kier molecular flexibility index (Phi) is 6.70. The third kappa shape index (κ3) is 4.52. The summed E-state index contributed by atoms with van der Waals surface area (Å²) in [6, 6.07) is 7.53. The van der Waals surface area contributed by atoms with Crippen LogP contribution in [0.3, 0.4) is 0 Å². The molecule has 1 amide bonds. The highest BCUT2D eigenvalue weighted by Gasteiger charge is 2.12. The van der Waals surface area contributed by atoms with E-state index in [0.717, 1.165) is 16.9 Å². The molecule has 0 spiro atoms. The highest BCUT2D eigenvalue weighted by molar-refractivity contribution is 7.10. The number of amides is 1. The molecular formula is C18H20ClNO3S. The Balaban J connectivity index is 2.10. The van der Waals surface area contributed by atoms with Crippen molar-refractivity contribution >= 4 is 34.9 Å². The molecule has 128 valence electrons. The van der Waals surface area contributed by atoms with E-state index in [-0.39, 0.29) is 11.9 Å². The lowest BCUT2D eigenvalue weighted by atomic mass is 10.1. The van der Waals surface area contributed by atoms with Gasteiger partial charge in [-0.25, -0.2) is 0 Å². The first kappa shape index (κ1) is 18.4. The van der Waals surface area contributed by atoms with Crippen molar-refractivity contribution in [3.63, 3.8) is 0 Å². The summed E-state index contributed by atoms with van der Waals surface area (Å²) >= 11 is 7.80. The van der Waals surface area contributed by atoms with Gasteiger partial charge in [-0.2, -0.15) is 0 Å². The van der Waals surface area contributed by atoms with Crippen molar-refractivity contribution in [2.45, 2.75) is 19.4 Å². The number of thiophene rings is 1. The van der Waals surface area contributed by atoms with Gasteiger partial charge < -0.3 is 14.8 Å². The van der Waals surface area contributed by atoms with Crippen LogP contribution in [0.2, 0.25) is 5.02 Å². The summed E-state index contributed by atoms with van der Waals surface area (Å²) in [5.41, 5.74) is 0.761. The maximum absolute atomic E-state index is 12.2. The average molecular weight is 366 g/mol. The number of nitrogens with one attached hydrogen (secondary N) is 1. The topological polar surface area (TPSA) is 47.6 Å². The van der Waals surface area contributed by atoms with Gasteiger partial charge in [0, 0.05) is 11.0 Å². The fourth-order valence-electron chi connectivity index (χ4n) is 2.29. The van der Waals surface area contributed by atoms with Crippen molar-refractivity contribution in [3.8, 4) is 11.5 Å². The number of halogens is 1. The molecule has 0 bridgehead atoms. The third-order valence-corrected chi connectivity index (χ3v) is 4.76. The summed E-state index contributed by atoms with van der Waals surface area (Å²) in [7, 11) is 3.07. The number of carbonyl (C=O) groups is 1. The normalized spacial score (nSPS) is 12.2. The molecule has 1 unspecified atom stereocenters. The zero-order valence-electron chi connectivity index (χ0n) is 13.8. The first-order chi connectivity index (χ1) is 11.6. The largest absolute Gasteiger partial charge is 0.493 e. The van der Waals surface area contributed by atoms with Crippen LogP contribution in [-0.4, -0.2) is 20.1 Å². The number of ether oxygens (including phenoxy) is 2. The van der Waals surface area contributed by atoms with E-state index in [4.69, 9.17) is 21.1 Å². The van der Waals surface area contributed by atoms with Gasteiger partial charge in [0.2, 0.25) is 5.91 Å². The summed E-state index contributed by atoms with van der Waals surface area (Å²) in [4.78, 5) is 13.3. The van der Waals surface area contributed by atoms with Gasteiger partial charge in [-0.1, -0.05) is 24.6 Å². The Morgan fingerprint density at radius 2 is 2.17 bits per heavy atom. The van der Waals surface area contributed by atoms with E-state index in [1.807, 2.05) is 24.4 Å². The lowest BCUT2D eigenvalue weighted by Crippen LogP contribution is -2.25. The van der Waals surface area contributed by atoms with Gasteiger partial charge in [0.15, 0.2) is 11.5 Å². The first-order valence-electron chi connectivity index (χ1n) is 7.52. The van der Waals surface area contributed by atoms with Gasteiger partial charge >= 0.3 is 0 Å². The first-order valence-corrected chi connectivity index (χ1v) is 8.78. The van der Waals surface area contributed by atoms with Crippen molar-refractivity contribution in [2.75, 3.05) is 14.2 Å². The van der Waals surface area contributed by atoms with E-state index >= 15 is 0 Å². The maximum Gasteiger partial charge on any atom is 0.244 e. The summed E-state index contributed by atoms with van der Waals surface area (Å²) in [6.07, 6.45) is 4.03. The maximum atomic E-state index is 12.2. The van der Waals surface area contributed by atoms with Crippen molar-refractivity contribution in [3.05, 3.63) is 51.2 Å². The SMILES string of the molecule is CCC(NC(=O)C=Cc1cc(Cl)c(OC)c(OC)c1)c1cccs1. The summed E-state index contributed by atoms with van der Waals surface area (Å²) in [5, 5.41) is 5.44. The molecule has 6 heteroatoms. The molecule has 0 aliphatic heterocycles. The van der Waals surface area contributed by atoms with Crippen LogP contribution in [0.5, 0.6) is 11.5 Å². The van der Waals surface area contributed by atoms with Crippen LogP contribution < -0.4 is 14.8 Å². The summed E-state index contributed by atoms with van der Waals surface area (Å²) in [6.45, 7) is 2.04. The zero-order valence-corrected chi connectivity index (χ0v) is 15.4. The molecule has 0 aliphatic rings. The van der Waals surface area contributed by atoms with Crippen LogP contribution in [0.25, 0.3) is 6.08 Å². The molecule has 0 saturated carbocycles.